The van der Waals surface area contributed by atoms with Crippen LogP contribution in [0.4, 0.5) is 22.0 Å². The van der Waals surface area contributed by atoms with Crippen molar-refractivity contribution in [3.05, 3.63) is 68.7 Å². The van der Waals surface area contributed by atoms with Gasteiger partial charge in [0.05, 0.1) is 6.10 Å². The number of rotatable bonds is 5. The normalized spacial score (nSPS) is 13.1. The molecule has 0 radical (unpaired) electrons. The van der Waals surface area contributed by atoms with Crippen molar-refractivity contribution < 1.29 is 27.1 Å². The predicted octanol–water partition coefficient (Wildman–Crippen LogP) is 5.08. The molecule has 0 aliphatic rings. The van der Waals surface area contributed by atoms with Crippen LogP contribution < -0.4 is 5.32 Å². The number of aryl methyl sites for hydroxylation is 2. The summed E-state index contributed by atoms with van der Waals surface area (Å²) in [7, 11) is 0. The van der Waals surface area contributed by atoms with E-state index in [1.807, 2.05) is 13.0 Å². The maximum atomic E-state index is 13.5. The molecule has 2 aromatic carbocycles. The Morgan fingerprint density at radius 3 is 2.15 bits per heavy atom. The van der Waals surface area contributed by atoms with E-state index in [1.54, 1.807) is 13.0 Å². The molecule has 142 valence electrons. The molecule has 0 aliphatic heterocycles. The fraction of sp³-hybridized carbons (Fsp3) is 0.333. The van der Waals surface area contributed by atoms with Crippen LogP contribution in [-0.2, 0) is 12.7 Å². The summed E-state index contributed by atoms with van der Waals surface area (Å²) in [5.74, 6) is -3.35. The monoisotopic (exact) mass is 393 g/mol. The summed E-state index contributed by atoms with van der Waals surface area (Å²) in [6.07, 6.45) is -6.08. The van der Waals surface area contributed by atoms with E-state index in [0.29, 0.717) is 22.7 Å². The third-order valence-corrected chi connectivity index (χ3v) is 4.18. The van der Waals surface area contributed by atoms with Gasteiger partial charge in [0.2, 0.25) is 0 Å². The van der Waals surface area contributed by atoms with Crippen LogP contribution in [0.1, 0.15) is 33.9 Å². The highest BCUT2D eigenvalue weighted by molar-refractivity contribution is 6.31. The van der Waals surface area contributed by atoms with Crippen molar-refractivity contribution in [2.75, 3.05) is 6.54 Å². The van der Waals surface area contributed by atoms with Gasteiger partial charge in [-0.15, -0.1) is 0 Å². The van der Waals surface area contributed by atoms with Crippen LogP contribution >= 0.6 is 11.6 Å². The molecule has 0 heterocycles. The number of halogens is 6. The van der Waals surface area contributed by atoms with Crippen LogP contribution in [0.2, 0.25) is 5.02 Å². The van der Waals surface area contributed by atoms with Gasteiger partial charge in [0, 0.05) is 23.7 Å². The van der Waals surface area contributed by atoms with Crippen molar-refractivity contribution in [1.82, 2.24) is 5.32 Å². The number of benzene rings is 2. The van der Waals surface area contributed by atoms with Gasteiger partial charge in [0.15, 0.2) is 0 Å². The Balaban J connectivity index is 2.07. The van der Waals surface area contributed by atoms with E-state index < -0.39 is 29.5 Å². The summed E-state index contributed by atoms with van der Waals surface area (Å²) in [6.45, 7) is 3.54. The van der Waals surface area contributed by atoms with Gasteiger partial charge >= 0.3 is 6.18 Å². The first kappa shape index (κ1) is 20.6. The molecular formula is C18H17ClF5NO. The fourth-order valence-corrected chi connectivity index (χ4v) is 3.25. The van der Waals surface area contributed by atoms with Crippen molar-refractivity contribution in [2.45, 2.75) is 32.7 Å². The van der Waals surface area contributed by atoms with Crippen LogP contribution in [0.25, 0.3) is 0 Å². The Kier molecular flexibility index (Phi) is 6.26. The molecule has 0 saturated heterocycles. The number of hydrogen-bond acceptors (Lipinski definition) is 2. The molecule has 2 nitrogen and oxygen atoms in total. The molecule has 0 saturated carbocycles. The van der Waals surface area contributed by atoms with Gasteiger partial charge in [-0.25, -0.2) is 8.78 Å². The largest absolute Gasteiger partial charge is 0.422 e. The Hall–Kier alpha value is -1.70. The van der Waals surface area contributed by atoms with Gasteiger partial charge in [0.25, 0.3) is 0 Å². The van der Waals surface area contributed by atoms with E-state index in [4.69, 9.17) is 11.6 Å². The Bertz CT molecular complexity index is 761. The first-order valence-electron chi connectivity index (χ1n) is 7.71. The topological polar surface area (TPSA) is 32.3 Å². The smallest absolute Gasteiger partial charge is 0.387 e. The summed E-state index contributed by atoms with van der Waals surface area (Å²) in [6, 6.07) is 4.80. The average molecular weight is 394 g/mol. The van der Waals surface area contributed by atoms with Crippen molar-refractivity contribution in [2.24, 2.45) is 0 Å². The average Bonchev–Trinajstić information content (AvgIpc) is 2.43. The highest BCUT2D eigenvalue weighted by Gasteiger charge is 2.37. The quantitative estimate of drug-likeness (QED) is 0.694. The molecule has 0 bridgehead atoms. The first-order chi connectivity index (χ1) is 12.0. The molecule has 2 N–H and O–H groups in total. The molecule has 1 atom stereocenters. The van der Waals surface area contributed by atoms with Crippen molar-refractivity contribution in [3.63, 3.8) is 0 Å². The lowest BCUT2D eigenvalue weighted by atomic mass is 10.0. The molecule has 0 aromatic heterocycles. The number of aliphatic hydroxyl groups is 1. The lowest BCUT2D eigenvalue weighted by Gasteiger charge is -2.17. The third kappa shape index (κ3) is 4.72. The van der Waals surface area contributed by atoms with E-state index in [0.717, 1.165) is 11.1 Å². The fourth-order valence-electron chi connectivity index (χ4n) is 2.80. The summed E-state index contributed by atoms with van der Waals surface area (Å²) < 4.78 is 64.7. The van der Waals surface area contributed by atoms with Gasteiger partial charge in [-0.2, -0.15) is 13.2 Å². The molecule has 2 rings (SSSR count). The lowest BCUT2D eigenvalue weighted by Crippen LogP contribution is -2.22. The zero-order valence-electron chi connectivity index (χ0n) is 14.0. The number of alkyl halides is 3. The van der Waals surface area contributed by atoms with E-state index in [-0.39, 0.29) is 18.7 Å². The van der Waals surface area contributed by atoms with Crippen molar-refractivity contribution in [1.29, 1.82) is 0 Å². The maximum Gasteiger partial charge on any atom is 0.422 e. The summed E-state index contributed by atoms with van der Waals surface area (Å²) in [4.78, 5) is 0. The second kappa shape index (κ2) is 7.90. The maximum absolute atomic E-state index is 13.5. The second-order valence-corrected chi connectivity index (χ2v) is 6.46. The molecule has 8 heteroatoms. The van der Waals surface area contributed by atoms with E-state index in [1.165, 1.54) is 0 Å². The molecule has 0 aliphatic carbocycles. The molecule has 0 amide bonds. The van der Waals surface area contributed by atoms with Crippen LogP contribution in [0, 0.1) is 25.5 Å². The zero-order valence-corrected chi connectivity index (χ0v) is 14.8. The minimum Gasteiger partial charge on any atom is -0.387 e. The molecule has 0 spiro atoms. The van der Waals surface area contributed by atoms with Crippen LogP contribution in [-0.4, -0.2) is 11.7 Å². The molecule has 1 unspecified atom stereocenters. The highest BCUT2D eigenvalue weighted by Crippen LogP contribution is 2.34. The predicted molar refractivity (Wildman–Crippen MR) is 89.0 cm³/mol. The third-order valence-electron chi connectivity index (χ3n) is 3.87. The Labute approximate surface area is 152 Å². The van der Waals surface area contributed by atoms with Gasteiger partial charge in [-0.05, 0) is 48.7 Å². The molecule has 2 aromatic rings. The minimum atomic E-state index is -5.10. The molecular weight excluding hydrogens is 377 g/mol. The number of nitrogens with one attached hydrogen (secondary N) is 1. The zero-order chi connectivity index (χ0) is 19.6. The molecule has 26 heavy (non-hydrogen) atoms. The van der Waals surface area contributed by atoms with Crippen molar-refractivity contribution >= 4 is 11.6 Å². The number of hydrogen-bond donors (Lipinski definition) is 2. The highest BCUT2D eigenvalue weighted by atomic mass is 35.5. The van der Waals surface area contributed by atoms with Crippen LogP contribution in [0.15, 0.2) is 24.3 Å². The summed E-state index contributed by atoms with van der Waals surface area (Å²) in [5.41, 5.74) is 0.327. The van der Waals surface area contributed by atoms with E-state index in [9.17, 15) is 27.1 Å². The lowest BCUT2D eigenvalue weighted by molar-refractivity contribution is -0.142. The van der Waals surface area contributed by atoms with Gasteiger partial charge in [-0.1, -0.05) is 17.7 Å². The molecule has 0 fully saturated rings. The first-order valence-corrected chi connectivity index (χ1v) is 8.09. The summed E-state index contributed by atoms with van der Waals surface area (Å²) >= 11 is 6.13. The Morgan fingerprint density at radius 1 is 1.08 bits per heavy atom. The van der Waals surface area contributed by atoms with Crippen LogP contribution in [0.5, 0.6) is 0 Å². The van der Waals surface area contributed by atoms with Gasteiger partial charge in [-0.3, -0.25) is 0 Å². The van der Waals surface area contributed by atoms with E-state index in [2.05, 4.69) is 5.32 Å². The van der Waals surface area contributed by atoms with E-state index >= 15 is 0 Å². The van der Waals surface area contributed by atoms with Gasteiger partial charge in [0.1, 0.15) is 17.2 Å². The second-order valence-electron chi connectivity index (χ2n) is 6.06. The van der Waals surface area contributed by atoms with Crippen molar-refractivity contribution in [3.8, 4) is 0 Å². The summed E-state index contributed by atoms with van der Waals surface area (Å²) in [5, 5.41) is 13.4. The standard InChI is InChI=1S/C18H17ClF5NO/c1-9-3-10(2)16(12(19)4-9)15(26)8-25-7-11-5-13(20)17(14(21)6-11)18(22,23)24/h3-6,15,25-26H,7-8H2,1-2H3. The number of aliphatic hydroxyl groups excluding tert-OH is 1. The minimum absolute atomic E-state index is 0.00748. The van der Waals surface area contributed by atoms with Gasteiger partial charge < -0.3 is 10.4 Å². The Morgan fingerprint density at radius 2 is 1.65 bits per heavy atom. The van der Waals surface area contributed by atoms with Crippen LogP contribution in [0.3, 0.4) is 0 Å². The SMILES string of the molecule is Cc1cc(C)c(C(O)CNCc2cc(F)c(C(F)(F)F)c(F)c2)c(Cl)c1.